The van der Waals surface area contributed by atoms with Crippen LogP contribution in [0.1, 0.15) is 11.1 Å². The number of hydrogen-bond acceptors (Lipinski definition) is 4. The van der Waals surface area contributed by atoms with Crippen molar-refractivity contribution >= 4 is 12.2 Å². The fourth-order valence-electron chi connectivity index (χ4n) is 1.95. The van der Waals surface area contributed by atoms with Gasteiger partial charge in [-0.1, -0.05) is 0 Å². The third-order valence-corrected chi connectivity index (χ3v) is 3.02. The van der Waals surface area contributed by atoms with E-state index < -0.39 is 0 Å². The lowest BCUT2D eigenvalue weighted by atomic mass is 10.2. The van der Waals surface area contributed by atoms with Crippen molar-refractivity contribution in [1.82, 2.24) is 19.9 Å². The van der Waals surface area contributed by atoms with Crippen molar-refractivity contribution in [1.29, 1.82) is 0 Å². The van der Waals surface area contributed by atoms with Gasteiger partial charge in [0.2, 0.25) is 0 Å². The Balaban J connectivity index is 2.14. The summed E-state index contributed by atoms with van der Waals surface area (Å²) in [6.45, 7) is 0. The summed E-state index contributed by atoms with van der Waals surface area (Å²) in [5, 5.41) is 0.395. The monoisotopic (exact) mass is 292 g/mol. The molecule has 0 aromatic carbocycles. The van der Waals surface area contributed by atoms with Crippen LogP contribution in [0.15, 0.2) is 58.6 Å². The van der Waals surface area contributed by atoms with Crippen LogP contribution in [0.25, 0.3) is 12.2 Å². The van der Waals surface area contributed by atoms with Gasteiger partial charge in [0.05, 0.1) is 0 Å². The van der Waals surface area contributed by atoms with Crippen molar-refractivity contribution in [2.24, 2.45) is 0 Å². The summed E-state index contributed by atoms with van der Waals surface area (Å²) in [4.78, 5) is 37.1. The molecular weight excluding hydrogens is 280 g/mol. The molecule has 0 radical (unpaired) electrons. The van der Waals surface area contributed by atoms with Crippen LogP contribution in [0.5, 0.6) is 0 Å². The molecule has 0 spiro atoms. The summed E-state index contributed by atoms with van der Waals surface area (Å²) in [6, 6.07) is 6.98. The van der Waals surface area contributed by atoms with E-state index in [4.69, 9.17) is 0 Å². The quantitative estimate of drug-likeness (QED) is 0.667. The number of rotatable bonds is 2. The second-order valence-corrected chi connectivity index (χ2v) is 4.59. The van der Waals surface area contributed by atoms with Gasteiger partial charge in [-0.25, -0.2) is 0 Å². The second kappa shape index (κ2) is 6.01. The standard InChI is InChI=1S/C16H12N4O2/c21-15-13(9-11-1-5-17-6-2-11)19-16(22)14(20-15)10-12-3-7-18-8-4-12/h1-10H,(H,19,22)(H,20,21)/b13-9-,14-10+. The van der Waals surface area contributed by atoms with E-state index in [1.165, 1.54) is 0 Å². The zero-order valence-electron chi connectivity index (χ0n) is 11.5. The van der Waals surface area contributed by atoms with Crippen molar-refractivity contribution in [2.45, 2.75) is 0 Å². The number of aromatic nitrogens is 4. The lowest BCUT2D eigenvalue weighted by molar-refractivity contribution is 1.00. The van der Waals surface area contributed by atoms with E-state index in [1.807, 2.05) is 0 Å². The van der Waals surface area contributed by atoms with Crippen LogP contribution in [0.4, 0.5) is 0 Å². The Morgan fingerprint density at radius 3 is 1.41 bits per heavy atom. The molecule has 0 amide bonds. The number of H-pyrrole nitrogens is 2. The Labute approximate surface area is 124 Å². The molecule has 0 saturated heterocycles. The van der Waals surface area contributed by atoms with Crippen LogP contribution >= 0.6 is 0 Å². The minimum absolute atomic E-state index is 0.197. The Kier molecular flexibility index (Phi) is 3.74. The van der Waals surface area contributed by atoms with Crippen LogP contribution in [0.2, 0.25) is 0 Å². The second-order valence-electron chi connectivity index (χ2n) is 4.59. The van der Waals surface area contributed by atoms with Gasteiger partial charge in [0.25, 0.3) is 11.1 Å². The fourth-order valence-corrected chi connectivity index (χ4v) is 1.95. The van der Waals surface area contributed by atoms with Crippen LogP contribution in [0.3, 0.4) is 0 Å². The molecule has 108 valence electrons. The highest BCUT2D eigenvalue weighted by molar-refractivity contribution is 5.48. The summed E-state index contributed by atoms with van der Waals surface area (Å²) in [5.41, 5.74) is 0.831. The van der Waals surface area contributed by atoms with Crippen LogP contribution in [-0.2, 0) is 0 Å². The number of nitrogens with one attached hydrogen (secondary N) is 2. The van der Waals surface area contributed by atoms with Gasteiger partial charge < -0.3 is 9.97 Å². The molecule has 3 aromatic rings. The van der Waals surface area contributed by atoms with Gasteiger partial charge in [-0.2, -0.15) is 0 Å². The zero-order chi connectivity index (χ0) is 15.4. The molecule has 0 fully saturated rings. The Morgan fingerprint density at radius 1 is 0.682 bits per heavy atom. The van der Waals surface area contributed by atoms with Gasteiger partial charge in [0.15, 0.2) is 0 Å². The van der Waals surface area contributed by atoms with E-state index in [0.717, 1.165) is 11.1 Å². The van der Waals surface area contributed by atoms with Gasteiger partial charge in [0, 0.05) is 24.8 Å². The largest absolute Gasteiger partial charge is 0.316 e. The summed E-state index contributed by atoms with van der Waals surface area (Å²) in [6.07, 6.45) is 9.65. The molecule has 3 rings (SSSR count). The molecule has 3 heterocycles. The first kappa shape index (κ1) is 13.7. The fraction of sp³-hybridized carbons (Fsp3) is 0. The van der Waals surface area contributed by atoms with E-state index in [1.54, 1.807) is 61.2 Å². The molecule has 0 aliphatic heterocycles. The minimum Gasteiger partial charge on any atom is -0.316 e. The van der Waals surface area contributed by atoms with Crippen LogP contribution < -0.4 is 21.8 Å². The van der Waals surface area contributed by atoms with Gasteiger partial charge in [-0.15, -0.1) is 0 Å². The predicted octanol–water partition coefficient (Wildman–Crippen LogP) is -0.489. The van der Waals surface area contributed by atoms with E-state index in [9.17, 15) is 9.59 Å². The summed E-state index contributed by atoms with van der Waals surface area (Å²) in [5.74, 6) is 0. The molecule has 0 bridgehead atoms. The zero-order valence-corrected chi connectivity index (χ0v) is 11.5. The highest BCUT2D eigenvalue weighted by atomic mass is 16.1. The maximum absolute atomic E-state index is 12.1. The Morgan fingerprint density at radius 2 is 1.05 bits per heavy atom. The van der Waals surface area contributed by atoms with Crippen molar-refractivity contribution < 1.29 is 0 Å². The van der Waals surface area contributed by atoms with E-state index in [2.05, 4.69) is 19.9 Å². The molecule has 6 heteroatoms. The van der Waals surface area contributed by atoms with Crippen molar-refractivity contribution in [3.63, 3.8) is 0 Å². The van der Waals surface area contributed by atoms with Crippen LogP contribution in [-0.4, -0.2) is 19.9 Å². The van der Waals surface area contributed by atoms with Gasteiger partial charge in [-0.3, -0.25) is 19.6 Å². The predicted molar refractivity (Wildman–Crippen MR) is 82.5 cm³/mol. The van der Waals surface area contributed by atoms with E-state index in [0.29, 0.717) is 0 Å². The average Bonchev–Trinajstić information content (AvgIpc) is 2.54. The molecule has 0 aliphatic rings. The van der Waals surface area contributed by atoms with Crippen molar-refractivity contribution in [3.05, 3.63) is 91.6 Å². The number of nitrogens with zero attached hydrogens (tertiary/aromatic N) is 2. The molecule has 0 aliphatic carbocycles. The third kappa shape index (κ3) is 3.06. The highest BCUT2D eigenvalue weighted by Crippen LogP contribution is 1.95. The topological polar surface area (TPSA) is 91.5 Å². The lowest BCUT2D eigenvalue weighted by Gasteiger charge is -1.93. The maximum Gasteiger partial charge on any atom is 0.272 e. The molecule has 6 nitrogen and oxygen atoms in total. The first-order valence-electron chi connectivity index (χ1n) is 6.58. The Bertz CT molecular complexity index is 921. The first-order chi connectivity index (χ1) is 10.7. The average molecular weight is 292 g/mol. The first-order valence-corrected chi connectivity index (χ1v) is 6.58. The number of pyridine rings is 2. The van der Waals surface area contributed by atoms with Gasteiger partial charge in [-0.05, 0) is 47.5 Å². The number of hydrogen-bond donors (Lipinski definition) is 2. The van der Waals surface area contributed by atoms with Gasteiger partial charge in [0.1, 0.15) is 10.7 Å². The molecule has 0 atom stereocenters. The summed E-state index contributed by atoms with van der Waals surface area (Å²) in [7, 11) is 0. The molecular formula is C16H12N4O2. The molecule has 3 aromatic heterocycles. The highest BCUT2D eigenvalue weighted by Gasteiger charge is 1.96. The lowest BCUT2D eigenvalue weighted by Crippen LogP contribution is -2.46. The van der Waals surface area contributed by atoms with Crippen LogP contribution in [0, 0.1) is 0 Å². The van der Waals surface area contributed by atoms with E-state index in [-0.39, 0.29) is 21.8 Å². The van der Waals surface area contributed by atoms with Gasteiger partial charge >= 0.3 is 0 Å². The number of aromatic amines is 2. The van der Waals surface area contributed by atoms with Crippen molar-refractivity contribution in [3.8, 4) is 0 Å². The third-order valence-electron chi connectivity index (χ3n) is 3.02. The SMILES string of the molecule is O=c1[nH]/c(=C/c2ccncc2)c(=O)[nH]/c1=C\c1ccncc1. The smallest absolute Gasteiger partial charge is 0.272 e. The molecule has 2 N–H and O–H groups in total. The minimum atomic E-state index is -0.364. The van der Waals surface area contributed by atoms with Crippen molar-refractivity contribution in [2.75, 3.05) is 0 Å². The molecule has 22 heavy (non-hydrogen) atoms. The summed E-state index contributed by atoms with van der Waals surface area (Å²) < 4.78 is 0. The van der Waals surface area contributed by atoms with E-state index >= 15 is 0 Å². The Hall–Kier alpha value is -3.28. The summed E-state index contributed by atoms with van der Waals surface area (Å²) >= 11 is 0. The normalized spacial score (nSPS) is 12.5. The maximum atomic E-state index is 12.1. The molecule has 0 unspecified atom stereocenters. The molecule has 0 saturated carbocycles.